The van der Waals surface area contributed by atoms with Crippen molar-refractivity contribution in [2.45, 2.75) is 20.4 Å². The molecule has 0 spiro atoms. The first kappa shape index (κ1) is 15.0. The fourth-order valence-electron chi connectivity index (χ4n) is 1.84. The molecule has 0 radical (unpaired) electrons. The van der Waals surface area contributed by atoms with Gasteiger partial charge in [-0.3, -0.25) is 9.69 Å². The Morgan fingerprint density at radius 2 is 2.17 bits per heavy atom. The highest BCUT2D eigenvalue weighted by molar-refractivity contribution is 9.10. The van der Waals surface area contributed by atoms with Crippen LogP contribution in [0.25, 0.3) is 0 Å². The number of halogens is 1. The normalized spacial score (nSPS) is 11.2. The Balaban J connectivity index is 2.81. The Morgan fingerprint density at radius 1 is 1.50 bits per heavy atom. The predicted molar refractivity (Wildman–Crippen MR) is 75.1 cm³/mol. The number of hydrogen-bond acceptors (Lipinski definition) is 3. The highest BCUT2D eigenvalue weighted by Crippen LogP contribution is 2.23. The minimum Gasteiger partial charge on any atom is -0.508 e. The maximum atomic E-state index is 11.0. The van der Waals surface area contributed by atoms with E-state index in [1.54, 1.807) is 12.1 Å². The van der Waals surface area contributed by atoms with E-state index in [9.17, 15) is 9.90 Å². The van der Waals surface area contributed by atoms with Gasteiger partial charge in [-0.15, -0.1) is 0 Å². The number of carbonyl (C=O) groups excluding carboxylic acids is 1. The van der Waals surface area contributed by atoms with E-state index in [0.717, 1.165) is 16.6 Å². The van der Waals surface area contributed by atoms with Gasteiger partial charge in [0.2, 0.25) is 5.91 Å². The van der Waals surface area contributed by atoms with Crippen molar-refractivity contribution in [3.05, 3.63) is 28.2 Å². The average molecular weight is 315 g/mol. The van der Waals surface area contributed by atoms with Gasteiger partial charge in [0.15, 0.2) is 0 Å². The number of amides is 1. The van der Waals surface area contributed by atoms with Gasteiger partial charge >= 0.3 is 0 Å². The molecule has 1 aromatic rings. The molecule has 0 aliphatic heterocycles. The summed E-state index contributed by atoms with van der Waals surface area (Å²) >= 11 is 3.37. The number of benzene rings is 1. The molecule has 0 saturated heterocycles. The summed E-state index contributed by atoms with van der Waals surface area (Å²) in [7, 11) is 0. The van der Waals surface area contributed by atoms with E-state index in [1.807, 2.05) is 11.0 Å². The summed E-state index contributed by atoms with van der Waals surface area (Å²) in [6.45, 7) is 5.62. The van der Waals surface area contributed by atoms with Crippen molar-refractivity contribution in [2.24, 2.45) is 11.7 Å². The second-order valence-corrected chi connectivity index (χ2v) is 5.72. The third kappa shape index (κ3) is 5.06. The molecule has 1 aromatic carbocycles. The van der Waals surface area contributed by atoms with E-state index in [2.05, 4.69) is 29.8 Å². The number of hydrogen-bond donors (Lipinski definition) is 2. The molecular weight excluding hydrogens is 296 g/mol. The van der Waals surface area contributed by atoms with Gasteiger partial charge in [0, 0.05) is 23.1 Å². The minimum absolute atomic E-state index is 0.199. The molecule has 3 N–H and O–H groups in total. The Hall–Kier alpha value is -1.07. The lowest BCUT2D eigenvalue weighted by Gasteiger charge is -2.23. The lowest BCUT2D eigenvalue weighted by molar-refractivity contribution is -0.119. The van der Waals surface area contributed by atoms with Crippen molar-refractivity contribution in [3.63, 3.8) is 0 Å². The predicted octanol–water partition coefficient (Wildman–Crippen LogP) is 2.10. The van der Waals surface area contributed by atoms with Crippen LogP contribution in [0.15, 0.2) is 22.7 Å². The van der Waals surface area contributed by atoms with Crippen LogP contribution in [0.3, 0.4) is 0 Å². The van der Waals surface area contributed by atoms with Gasteiger partial charge in [0.05, 0.1) is 6.54 Å². The molecule has 0 aliphatic rings. The first-order chi connectivity index (χ1) is 8.38. The first-order valence-corrected chi connectivity index (χ1v) is 6.66. The fraction of sp³-hybridized carbons (Fsp3) is 0.462. The van der Waals surface area contributed by atoms with Crippen LogP contribution in [0.2, 0.25) is 0 Å². The molecule has 18 heavy (non-hydrogen) atoms. The number of carbonyl (C=O) groups is 1. The monoisotopic (exact) mass is 314 g/mol. The SMILES string of the molecule is CC(C)CN(CC(N)=O)Cc1cc(Br)ccc1O. The second kappa shape index (κ2) is 6.75. The van der Waals surface area contributed by atoms with E-state index in [0.29, 0.717) is 12.5 Å². The molecule has 0 atom stereocenters. The Labute approximate surface area is 116 Å². The van der Waals surface area contributed by atoms with Gasteiger partial charge in [-0.2, -0.15) is 0 Å². The molecule has 4 nitrogen and oxygen atoms in total. The van der Waals surface area contributed by atoms with E-state index < -0.39 is 0 Å². The van der Waals surface area contributed by atoms with Gasteiger partial charge in [-0.1, -0.05) is 29.8 Å². The van der Waals surface area contributed by atoms with Crippen molar-refractivity contribution in [1.29, 1.82) is 0 Å². The molecule has 0 unspecified atom stereocenters. The van der Waals surface area contributed by atoms with Crippen molar-refractivity contribution < 1.29 is 9.90 Å². The van der Waals surface area contributed by atoms with Gasteiger partial charge in [-0.25, -0.2) is 0 Å². The zero-order valence-corrected chi connectivity index (χ0v) is 12.3. The van der Waals surface area contributed by atoms with E-state index >= 15 is 0 Å². The standard InChI is InChI=1S/C13H19BrN2O2/c1-9(2)6-16(8-13(15)18)7-10-5-11(14)3-4-12(10)17/h3-5,9,17H,6-8H2,1-2H3,(H2,15,18). The summed E-state index contributed by atoms with van der Waals surface area (Å²) in [6, 6.07) is 5.26. The zero-order valence-electron chi connectivity index (χ0n) is 10.7. The lowest BCUT2D eigenvalue weighted by atomic mass is 10.1. The quantitative estimate of drug-likeness (QED) is 0.845. The smallest absolute Gasteiger partial charge is 0.231 e. The summed E-state index contributed by atoms with van der Waals surface area (Å²) in [5, 5.41) is 9.79. The van der Waals surface area contributed by atoms with Crippen LogP contribution in [0, 0.1) is 5.92 Å². The molecule has 5 heteroatoms. The van der Waals surface area contributed by atoms with E-state index in [4.69, 9.17) is 5.73 Å². The van der Waals surface area contributed by atoms with Gasteiger partial charge in [-0.05, 0) is 24.1 Å². The summed E-state index contributed by atoms with van der Waals surface area (Å²) in [6.07, 6.45) is 0. The minimum atomic E-state index is -0.356. The molecule has 0 heterocycles. The summed E-state index contributed by atoms with van der Waals surface area (Å²) < 4.78 is 0.902. The van der Waals surface area contributed by atoms with Crippen LogP contribution in [0.5, 0.6) is 5.75 Å². The van der Waals surface area contributed by atoms with Crippen LogP contribution in [0.1, 0.15) is 19.4 Å². The first-order valence-electron chi connectivity index (χ1n) is 5.86. The van der Waals surface area contributed by atoms with Gasteiger partial charge < -0.3 is 10.8 Å². The zero-order chi connectivity index (χ0) is 13.7. The molecule has 0 bridgehead atoms. The molecule has 0 aromatic heterocycles. The topological polar surface area (TPSA) is 66.6 Å². The maximum Gasteiger partial charge on any atom is 0.231 e. The van der Waals surface area contributed by atoms with E-state index in [1.165, 1.54) is 0 Å². The van der Waals surface area contributed by atoms with E-state index in [-0.39, 0.29) is 18.2 Å². The van der Waals surface area contributed by atoms with Crippen molar-refractivity contribution >= 4 is 21.8 Å². The van der Waals surface area contributed by atoms with Gasteiger partial charge in [0.25, 0.3) is 0 Å². The number of phenols is 1. The molecule has 0 aliphatic carbocycles. The second-order valence-electron chi connectivity index (χ2n) is 4.80. The number of aromatic hydroxyl groups is 1. The molecule has 1 amide bonds. The highest BCUT2D eigenvalue weighted by atomic mass is 79.9. The lowest BCUT2D eigenvalue weighted by Crippen LogP contribution is -2.35. The summed E-state index contributed by atoms with van der Waals surface area (Å²) in [5.74, 6) is 0.306. The maximum absolute atomic E-state index is 11.0. The average Bonchev–Trinajstić information content (AvgIpc) is 2.21. The van der Waals surface area contributed by atoms with Gasteiger partial charge in [0.1, 0.15) is 5.75 Å². The molecule has 0 fully saturated rings. The molecule has 0 saturated carbocycles. The van der Waals surface area contributed by atoms with Crippen LogP contribution in [-0.2, 0) is 11.3 Å². The van der Waals surface area contributed by atoms with Crippen molar-refractivity contribution in [3.8, 4) is 5.75 Å². The summed E-state index contributed by atoms with van der Waals surface area (Å²) in [5.41, 5.74) is 6.02. The molecule has 1 rings (SSSR count). The van der Waals surface area contributed by atoms with Crippen LogP contribution < -0.4 is 5.73 Å². The van der Waals surface area contributed by atoms with Crippen molar-refractivity contribution in [2.75, 3.05) is 13.1 Å². The summed E-state index contributed by atoms with van der Waals surface area (Å²) in [4.78, 5) is 13.0. The van der Waals surface area contributed by atoms with Crippen molar-refractivity contribution in [1.82, 2.24) is 4.90 Å². The molecular formula is C13H19BrN2O2. The third-order valence-electron chi connectivity index (χ3n) is 2.44. The fourth-order valence-corrected chi connectivity index (χ4v) is 2.25. The number of nitrogens with two attached hydrogens (primary N) is 1. The number of rotatable bonds is 6. The number of primary amides is 1. The van der Waals surface area contributed by atoms with Crippen LogP contribution in [-0.4, -0.2) is 29.0 Å². The molecule has 100 valence electrons. The Kier molecular flexibility index (Phi) is 5.62. The third-order valence-corrected chi connectivity index (χ3v) is 2.93. The Morgan fingerprint density at radius 3 is 2.72 bits per heavy atom. The highest BCUT2D eigenvalue weighted by Gasteiger charge is 2.13. The number of nitrogens with zero attached hydrogens (tertiary/aromatic N) is 1. The van der Waals surface area contributed by atoms with Crippen LogP contribution >= 0.6 is 15.9 Å². The van der Waals surface area contributed by atoms with Crippen LogP contribution in [0.4, 0.5) is 0 Å². The number of phenolic OH excluding ortho intramolecular Hbond substituents is 1. The Bertz CT molecular complexity index is 421. The largest absolute Gasteiger partial charge is 0.508 e.